The first-order valence-electron chi connectivity index (χ1n) is 5.41. The lowest BCUT2D eigenvalue weighted by Crippen LogP contribution is -2.43. The van der Waals surface area contributed by atoms with Gasteiger partial charge in [0.1, 0.15) is 5.82 Å². The van der Waals surface area contributed by atoms with Crippen molar-refractivity contribution in [2.75, 3.05) is 13.2 Å². The molecule has 2 atom stereocenters. The summed E-state index contributed by atoms with van der Waals surface area (Å²) >= 11 is 0. The van der Waals surface area contributed by atoms with E-state index in [1.54, 1.807) is 12.1 Å². The van der Waals surface area contributed by atoms with E-state index in [-0.39, 0.29) is 24.3 Å². The Morgan fingerprint density at radius 3 is 3.00 bits per heavy atom. The molecule has 0 amide bonds. The second-order valence-corrected chi connectivity index (χ2v) is 3.82. The molecular weight excluding hydrogens is 229 g/mol. The Kier molecular flexibility index (Phi) is 5.19. The zero-order chi connectivity index (χ0) is 10.7. The summed E-state index contributed by atoms with van der Waals surface area (Å²) in [6.07, 6.45) is 0.973. The smallest absolute Gasteiger partial charge is 0.123 e. The van der Waals surface area contributed by atoms with Gasteiger partial charge in [-0.2, -0.15) is 0 Å². The molecule has 1 fully saturated rings. The molecule has 0 saturated carbocycles. The quantitative estimate of drug-likeness (QED) is 0.865. The summed E-state index contributed by atoms with van der Waals surface area (Å²) in [5, 5.41) is 3.39. The first-order valence-corrected chi connectivity index (χ1v) is 5.41. The van der Waals surface area contributed by atoms with Crippen molar-refractivity contribution in [3.8, 4) is 0 Å². The first-order chi connectivity index (χ1) is 7.31. The maximum Gasteiger partial charge on any atom is 0.123 e. The van der Waals surface area contributed by atoms with Crippen LogP contribution >= 0.6 is 12.4 Å². The lowest BCUT2D eigenvalue weighted by molar-refractivity contribution is -0.00656. The van der Waals surface area contributed by atoms with Gasteiger partial charge in [-0.3, -0.25) is 0 Å². The number of ether oxygens (including phenoxy) is 1. The van der Waals surface area contributed by atoms with Crippen molar-refractivity contribution in [3.05, 3.63) is 35.6 Å². The molecule has 2 nitrogen and oxygen atoms in total. The Bertz CT molecular complexity index is 335. The van der Waals surface area contributed by atoms with E-state index < -0.39 is 0 Å². The van der Waals surface area contributed by atoms with Crippen LogP contribution in [0.2, 0.25) is 0 Å². The number of benzene rings is 1. The van der Waals surface area contributed by atoms with Crippen LogP contribution < -0.4 is 5.32 Å². The molecule has 1 aromatic carbocycles. The third-order valence-electron chi connectivity index (χ3n) is 2.79. The lowest BCUT2D eigenvalue weighted by Gasteiger charge is -2.32. The van der Waals surface area contributed by atoms with E-state index in [1.165, 1.54) is 6.07 Å². The number of nitrogens with one attached hydrogen (secondary N) is 1. The van der Waals surface area contributed by atoms with Crippen LogP contribution in [0.1, 0.15) is 25.0 Å². The van der Waals surface area contributed by atoms with E-state index in [9.17, 15) is 4.39 Å². The predicted molar refractivity (Wildman–Crippen MR) is 64.4 cm³/mol. The van der Waals surface area contributed by atoms with E-state index in [2.05, 4.69) is 12.2 Å². The minimum atomic E-state index is -0.198. The van der Waals surface area contributed by atoms with E-state index >= 15 is 0 Å². The third-order valence-corrected chi connectivity index (χ3v) is 2.79. The van der Waals surface area contributed by atoms with Crippen molar-refractivity contribution >= 4 is 12.4 Å². The lowest BCUT2D eigenvalue weighted by atomic mass is 9.99. The number of rotatable bonds is 2. The maximum atomic E-state index is 13.1. The minimum absolute atomic E-state index is 0. The van der Waals surface area contributed by atoms with Crippen LogP contribution in [0.25, 0.3) is 0 Å². The molecule has 0 spiro atoms. The number of morpholine rings is 1. The van der Waals surface area contributed by atoms with Gasteiger partial charge in [-0.1, -0.05) is 19.1 Å². The van der Waals surface area contributed by atoms with Gasteiger partial charge >= 0.3 is 0 Å². The van der Waals surface area contributed by atoms with Crippen LogP contribution in [0, 0.1) is 5.82 Å². The first kappa shape index (κ1) is 13.4. The average molecular weight is 246 g/mol. The fourth-order valence-electron chi connectivity index (χ4n) is 2.02. The molecule has 1 aliphatic rings. The molecule has 0 aromatic heterocycles. The van der Waals surface area contributed by atoms with E-state index in [4.69, 9.17) is 4.74 Å². The SMILES string of the molecule is CCC1NCCOC1c1cccc(F)c1.Cl. The molecule has 0 aliphatic carbocycles. The molecule has 90 valence electrons. The molecule has 4 heteroatoms. The van der Waals surface area contributed by atoms with E-state index in [0.717, 1.165) is 18.5 Å². The van der Waals surface area contributed by atoms with Gasteiger partial charge in [-0.15, -0.1) is 12.4 Å². The van der Waals surface area contributed by atoms with Crippen molar-refractivity contribution in [1.82, 2.24) is 5.32 Å². The standard InChI is InChI=1S/C12H16FNO.ClH/c1-2-11-12(15-7-6-14-11)9-4-3-5-10(13)8-9;/h3-5,8,11-12,14H,2,6-7H2,1H3;1H. The van der Waals surface area contributed by atoms with E-state index in [0.29, 0.717) is 12.6 Å². The summed E-state index contributed by atoms with van der Waals surface area (Å²) in [4.78, 5) is 0. The summed E-state index contributed by atoms with van der Waals surface area (Å²) in [7, 11) is 0. The second kappa shape index (κ2) is 6.18. The summed E-state index contributed by atoms with van der Waals surface area (Å²) in [6.45, 7) is 3.68. The third kappa shape index (κ3) is 2.94. The number of hydrogen-bond donors (Lipinski definition) is 1. The Balaban J connectivity index is 0.00000128. The maximum absolute atomic E-state index is 13.1. The van der Waals surface area contributed by atoms with Crippen molar-refractivity contribution in [2.24, 2.45) is 0 Å². The van der Waals surface area contributed by atoms with Crippen LogP contribution in [-0.2, 0) is 4.74 Å². The average Bonchev–Trinajstić information content (AvgIpc) is 2.29. The van der Waals surface area contributed by atoms with Crippen molar-refractivity contribution in [1.29, 1.82) is 0 Å². The van der Waals surface area contributed by atoms with Crippen LogP contribution in [0.5, 0.6) is 0 Å². The van der Waals surface area contributed by atoms with Gasteiger partial charge in [-0.05, 0) is 24.1 Å². The molecule has 0 radical (unpaired) electrons. The van der Waals surface area contributed by atoms with Gasteiger partial charge in [0.15, 0.2) is 0 Å². The summed E-state index contributed by atoms with van der Waals surface area (Å²) in [6, 6.07) is 6.96. The molecule has 1 aliphatic heterocycles. The van der Waals surface area contributed by atoms with Crippen molar-refractivity contribution in [3.63, 3.8) is 0 Å². The fraction of sp³-hybridized carbons (Fsp3) is 0.500. The topological polar surface area (TPSA) is 21.3 Å². The van der Waals surface area contributed by atoms with E-state index in [1.807, 2.05) is 6.07 Å². The molecule has 1 saturated heterocycles. The normalized spacial score (nSPS) is 24.9. The van der Waals surface area contributed by atoms with Crippen molar-refractivity contribution < 1.29 is 9.13 Å². The Labute approximate surface area is 102 Å². The van der Waals surface area contributed by atoms with Gasteiger partial charge < -0.3 is 10.1 Å². The predicted octanol–water partition coefficient (Wildman–Crippen LogP) is 2.69. The highest BCUT2D eigenvalue weighted by molar-refractivity contribution is 5.85. The Morgan fingerprint density at radius 2 is 2.31 bits per heavy atom. The Morgan fingerprint density at radius 1 is 1.50 bits per heavy atom. The van der Waals surface area contributed by atoms with Crippen LogP contribution in [0.3, 0.4) is 0 Å². The van der Waals surface area contributed by atoms with Gasteiger partial charge in [0, 0.05) is 12.6 Å². The zero-order valence-electron chi connectivity index (χ0n) is 9.28. The van der Waals surface area contributed by atoms with Crippen LogP contribution in [0.4, 0.5) is 4.39 Å². The van der Waals surface area contributed by atoms with Gasteiger partial charge in [-0.25, -0.2) is 4.39 Å². The number of halogens is 2. The molecule has 1 N–H and O–H groups in total. The molecule has 2 unspecified atom stereocenters. The highest BCUT2D eigenvalue weighted by atomic mass is 35.5. The zero-order valence-corrected chi connectivity index (χ0v) is 10.1. The minimum Gasteiger partial charge on any atom is -0.371 e. The van der Waals surface area contributed by atoms with Gasteiger partial charge in [0.25, 0.3) is 0 Å². The number of hydrogen-bond acceptors (Lipinski definition) is 2. The second-order valence-electron chi connectivity index (χ2n) is 3.82. The highest BCUT2D eigenvalue weighted by Crippen LogP contribution is 2.25. The Hall–Kier alpha value is -0.640. The van der Waals surface area contributed by atoms with Crippen molar-refractivity contribution in [2.45, 2.75) is 25.5 Å². The molecule has 2 rings (SSSR count). The van der Waals surface area contributed by atoms with Gasteiger partial charge in [0.05, 0.1) is 12.7 Å². The highest BCUT2D eigenvalue weighted by Gasteiger charge is 2.25. The largest absolute Gasteiger partial charge is 0.371 e. The molecule has 0 bridgehead atoms. The molecular formula is C12H17ClFNO. The summed E-state index contributed by atoms with van der Waals surface area (Å²) in [5.74, 6) is -0.198. The summed E-state index contributed by atoms with van der Waals surface area (Å²) < 4.78 is 18.8. The summed E-state index contributed by atoms with van der Waals surface area (Å²) in [5.41, 5.74) is 0.925. The molecule has 1 heterocycles. The van der Waals surface area contributed by atoms with Crippen LogP contribution in [-0.4, -0.2) is 19.2 Å². The molecule has 1 aromatic rings. The van der Waals surface area contributed by atoms with Crippen LogP contribution in [0.15, 0.2) is 24.3 Å². The fourth-order valence-corrected chi connectivity index (χ4v) is 2.02. The van der Waals surface area contributed by atoms with Gasteiger partial charge in [0.2, 0.25) is 0 Å². The molecule has 16 heavy (non-hydrogen) atoms. The monoisotopic (exact) mass is 245 g/mol.